The van der Waals surface area contributed by atoms with Crippen molar-refractivity contribution in [1.82, 2.24) is 0 Å². The second-order valence-electron chi connectivity index (χ2n) is 4.88. The summed E-state index contributed by atoms with van der Waals surface area (Å²) in [6.07, 6.45) is 0. The van der Waals surface area contributed by atoms with E-state index in [1.165, 1.54) is 0 Å². The van der Waals surface area contributed by atoms with Gasteiger partial charge in [-0.25, -0.2) is 0 Å². The van der Waals surface area contributed by atoms with E-state index in [1.54, 1.807) is 6.07 Å². The van der Waals surface area contributed by atoms with Gasteiger partial charge in [-0.2, -0.15) is 0 Å². The molecule has 3 heteroatoms. The molecule has 90 valence electrons. The zero-order valence-corrected chi connectivity index (χ0v) is 10.2. The fraction of sp³-hybridized carbons (Fsp3) is 0.538. The second kappa shape index (κ2) is 5.32. The zero-order chi connectivity index (χ0) is 12.2. The normalized spacial score (nSPS) is 11.8. The van der Waals surface area contributed by atoms with Gasteiger partial charge in [0.05, 0.1) is 19.8 Å². The van der Waals surface area contributed by atoms with E-state index < -0.39 is 0 Å². The van der Waals surface area contributed by atoms with Gasteiger partial charge in [0, 0.05) is 0 Å². The summed E-state index contributed by atoms with van der Waals surface area (Å²) >= 11 is 0. The van der Waals surface area contributed by atoms with Gasteiger partial charge in [-0.1, -0.05) is 26.8 Å². The lowest BCUT2D eigenvalue weighted by atomic mass is 9.85. The zero-order valence-electron chi connectivity index (χ0n) is 10.2. The molecule has 0 radical (unpaired) electrons. The summed E-state index contributed by atoms with van der Waals surface area (Å²) in [5.41, 5.74) is 1.84. The number of aliphatic hydroxyl groups excluding tert-OH is 1. The van der Waals surface area contributed by atoms with E-state index >= 15 is 0 Å². The largest absolute Gasteiger partial charge is 0.508 e. The molecule has 0 aliphatic carbocycles. The highest BCUT2D eigenvalue weighted by Crippen LogP contribution is 2.31. The highest BCUT2D eigenvalue weighted by molar-refractivity contribution is 5.40. The Hall–Kier alpha value is -1.06. The fourth-order valence-corrected chi connectivity index (χ4v) is 1.53. The van der Waals surface area contributed by atoms with Gasteiger partial charge in [0.1, 0.15) is 5.75 Å². The van der Waals surface area contributed by atoms with Crippen molar-refractivity contribution in [3.63, 3.8) is 0 Å². The van der Waals surface area contributed by atoms with Crippen LogP contribution in [0.1, 0.15) is 31.9 Å². The van der Waals surface area contributed by atoms with Crippen LogP contribution in [0.15, 0.2) is 18.2 Å². The first-order chi connectivity index (χ1) is 7.45. The third-order valence-electron chi connectivity index (χ3n) is 2.37. The predicted molar refractivity (Wildman–Crippen MR) is 63.5 cm³/mol. The van der Waals surface area contributed by atoms with Crippen molar-refractivity contribution < 1.29 is 14.9 Å². The van der Waals surface area contributed by atoms with E-state index in [2.05, 4.69) is 20.8 Å². The Morgan fingerprint density at radius 2 is 1.94 bits per heavy atom. The molecule has 16 heavy (non-hydrogen) atoms. The van der Waals surface area contributed by atoms with Gasteiger partial charge in [-0.05, 0) is 28.7 Å². The predicted octanol–water partition coefficient (Wildman–Crippen LogP) is 2.20. The Morgan fingerprint density at radius 3 is 2.50 bits per heavy atom. The van der Waals surface area contributed by atoms with Crippen LogP contribution in [-0.2, 0) is 16.8 Å². The molecule has 0 saturated heterocycles. The van der Waals surface area contributed by atoms with Gasteiger partial charge in [0.25, 0.3) is 0 Å². The summed E-state index contributed by atoms with van der Waals surface area (Å²) in [5, 5.41) is 18.4. The first-order valence-electron chi connectivity index (χ1n) is 5.46. The van der Waals surface area contributed by atoms with E-state index in [4.69, 9.17) is 9.84 Å². The summed E-state index contributed by atoms with van der Waals surface area (Å²) in [6.45, 7) is 7.00. The van der Waals surface area contributed by atoms with Gasteiger partial charge in [0.2, 0.25) is 0 Å². The van der Waals surface area contributed by atoms with Crippen molar-refractivity contribution in [2.24, 2.45) is 0 Å². The molecule has 0 amide bonds. The monoisotopic (exact) mass is 224 g/mol. The number of aromatic hydroxyl groups is 1. The van der Waals surface area contributed by atoms with Crippen molar-refractivity contribution in [2.45, 2.75) is 32.8 Å². The molecule has 0 bridgehead atoms. The molecule has 0 saturated carbocycles. The number of aliphatic hydroxyl groups is 1. The Labute approximate surface area is 96.7 Å². The molecule has 0 aliphatic heterocycles. The Bertz CT molecular complexity index is 340. The maximum absolute atomic E-state index is 9.76. The standard InChI is InChI=1S/C13H20O3/c1-13(2,3)11-8-10(4-5-12(11)15)9-16-7-6-14/h4-5,8,14-15H,6-7,9H2,1-3H3. The number of phenolic OH excluding ortho intramolecular Hbond substituents is 1. The van der Waals surface area contributed by atoms with Crippen molar-refractivity contribution in [2.75, 3.05) is 13.2 Å². The average molecular weight is 224 g/mol. The van der Waals surface area contributed by atoms with Gasteiger partial charge in [0.15, 0.2) is 0 Å². The molecule has 1 aromatic carbocycles. The van der Waals surface area contributed by atoms with Crippen LogP contribution in [0.2, 0.25) is 0 Å². The summed E-state index contributed by atoms with van der Waals surface area (Å²) in [7, 11) is 0. The maximum Gasteiger partial charge on any atom is 0.119 e. The first-order valence-corrected chi connectivity index (χ1v) is 5.46. The summed E-state index contributed by atoms with van der Waals surface area (Å²) in [4.78, 5) is 0. The molecule has 0 unspecified atom stereocenters. The molecule has 0 heterocycles. The Morgan fingerprint density at radius 1 is 1.25 bits per heavy atom. The lowest BCUT2D eigenvalue weighted by Gasteiger charge is -2.21. The topological polar surface area (TPSA) is 49.7 Å². The number of hydrogen-bond acceptors (Lipinski definition) is 3. The summed E-state index contributed by atoms with van der Waals surface area (Å²) in [5.74, 6) is 0.318. The van der Waals surface area contributed by atoms with Crippen molar-refractivity contribution in [1.29, 1.82) is 0 Å². The molecule has 0 aliphatic rings. The van der Waals surface area contributed by atoms with Crippen LogP contribution >= 0.6 is 0 Å². The molecule has 2 N–H and O–H groups in total. The molecule has 1 aromatic rings. The molecular weight excluding hydrogens is 204 g/mol. The van der Waals surface area contributed by atoms with Crippen LogP contribution in [0, 0.1) is 0 Å². The number of hydrogen-bond donors (Lipinski definition) is 2. The van der Waals surface area contributed by atoms with Gasteiger partial charge in [-0.3, -0.25) is 0 Å². The van der Waals surface area contributed by atoms with Crippen LogP contribution < -0.4 is 0 Å². The molecule has 0 fully saturated rings. The molecule has 1 rings (SSSR count). The lowest BCUT2D eigenvalue weighted by molar-refractivity contribution is 0.0814. The van der Waals surface area contributed by atoms with Crippen LogP contribution in [0.5, 0.6) is 5.75 Å². The summed E-state index contributed by atoms with van der Waals surface area (Å²) in [6, 6.07) is 5.48. The van der Waals surface area contributed by atoms with E-state index in [0.29, 0.717) is 19.0 Å². The van der Waals surface area contributed by atoms with E-state index in [-0.39, 0.29) is 12.0 Å². The minimum absolute atomic E-state index is 0.0320. The molecule has 0 aromatic heterocycles. The summed E-state index contributed by atoms with van der Waals surface area (Å²) < 4.78 is 5.24. The highest BCUT2D eigenvalue weighted by Gasteiger charge is 2.18. The number of phenols is 1. The molecular formula is C13H20O3. The maximum atomic E-state index is 9.76. The fourth-order valence-electron chi connectivity index (χ4n) is 1.53. The minimum Gasteiger partial charge on any atom is -0.508 e. The third kappa shape index (κ3) is 3.51. The van der Waals surface area contributed by atoms with Crippen LogP contribution in [-0.4, -0.2) is 23.4 Å². The van der Waals surface area contributed by atoms with Crippen LogP contribution in [0.3, 0.4) is 0 Å². The van der Waals surface area contributed by atoms with Gasteiger partial charge in [-0.15, -0.1) is 0 Å². The van der Waals surface area contributed by atoms with Crippen molar-refractivity contribution in [3.05, 3.63) is 29.3 Å². The molecule has 0 atom stereocenters. The first kappa shape index (κ1) is 13.0. The Kier molecular flexibility index (Phi) is 4.33. The highest BCUT2D eigenvalue weighted by atomic mass is 16.5. The quantitative estimate of drug-likeness (QED) is 0.771. The number of ether oxygens (including phenoxy) is 1. The van der Waals surface area contributed by atoms with Gasteiger partial charge < -0.3 is 14.9 Å². The van der Waals surface area contributed by atoms with E-state index in [0.717, 1.165) is 11.1 Å². The Balaban J connectivity index is 2.82. The van der Waals surface area contributed by atoms with E-state index in [1.807, 2.05) is 12.1 Å². The molecule has 0 spiro atoms. The average Bonchev–Trinajstić information content (AvgIpc) is 2.19. The van der Waals surface area contributed by atoms with Crippen molar-refractivity contribution in [3.8, 4) is 5.75 Å². The van der Waals surface area contributed by atoms with Crippen LogP contribution in [0.25, 0.3) is 0 Å². The van der Waals surface area contributed by atoms with Gasteiger partial charge >= 0.3 is 0 Å². The minimum atomic E-state index is -0.0862. The molecule has 3 nitrogen and oxygen atoms in total. The SMILES string of the molecule is CC(C)(C)c1cc(COCCO)ccc1O. The number of benzene rings is 1. The lowest BCUT2D eigenvalue weighted by Crippen LogP contribution is -2.12. The van der Waals surface area contributed by atoms with Crippen LogP contribution in [0.4, 0.5) is 0 Å². The van der Waals surface area contributed by atoms with E-state index in [9.17, 15) is 5.11 Å². The smallest absolute Gasteiger partial charge is 0.119 e. The third-order valence-corrected chi connectivity index (χ3v) is 2.37. The van der Waals surface area contributed by atoms with Crippen molar-refractivity contribution >= 4 is 0 Å². The number of rotatable bonds is 4. The second-order valence-corrected chi connectivity index (χ2v) is 4.88.